The maximum absolute atomic E-state index is 14.7. The van der Waals surface area contributed by atoms with Crippen molar-refractivity contribution >= 4 is 42.2 Å². The van der Waals surface area contributed by atoms with Crippen LogP contribution in [0.2, 0.25) is 5.04 Å². The van der Waals surface area contributed by atoms with E-state index in [1.807, 2.05) is 65.0 Å². The SMILES string of the molecule is COC(C)c1ncccc1-c1c(CC(C)(C)CO[Si](c2ccccc2)(c2ccccc2)C(C)(C)C)c2cc(B3OC(C)(C)C(C)(C)O3)ccc2n1CC(F)(F)F. The van der Waals surface area contributed by atoms with Crippen LogP contribution < -0.4 is 15.8 Å². The molecule has 5 aromatic rings. The van der Waals surface area contributed by atoms with E-state index in [1.54, 1.807) is 25.4 Å². The number of hydrogen-bond acceptors (Lipinski definition) is 5. The molecule has 11 heteroatoms. The highest BCUT2D eigenvalue weighted by atomic mass is 28.4. The Hall–Kier alpha value is -3.74. The quantitative estimate of drug-likeness (QED) is 0.118. The fraction of sp³-hybridized carbons (Fsp3) is 0.444. The largest absolute Gasteiger partial charge is 0.494 e. The Morgan fingerprint density at radius 3 is 1.91 bits per heavy atom. The number of aromatic nitrogens is 2. The van der Waals surface area contributed by atoms with E-state index in [-0.39, 0.29) is 5.04 Å². The number of hydrogen-bond donors (Lipinski definition) is 0. The lowest BCUT2D eigenvalue weighted by molar-refractivity contribution is -0.139. The van der Waals surface area contributed by atoms with Gasteiger partial charge in [-0.3, -0.25) is 4.98 Å². The molecule has 3 heterocycles. The van der Waals surface area contributed by atoms with Crippen molar-refractivity contribution in [2.75, 3.05) is 13.7 Å². The van der Waals surface area contributed by atoms with Crippen LogP contribution in [0, 0.1) is 5.41 Å². The van der Waals surface area contributed by atoms with Crippen molar-refractivity contribution in [2.45, 2.75) is 111 Å². The van der Waals surface area contributed by atoms with Crippen molar-refractivity contribution in [2.24, 2.45) is 5.41 Å². The van der Waals surface area contributed by atoms with Crippen molar-refractivity contribution in [3.05, 3.63) is 108 Å². The molecule has 0 spiro atoms. The van der Waals surface area contributed by atoms with Gasteiger partial charge in [0.15, 0.2) is 0 Å². The maximum atomic E-state index is 14.7. The van der Waals surface area contributed by atoms with Gasteiger partial charge >= 0.3 is 13.3 Å². The maximum Gasteiger partial charge on any atom is 0.494 e. The minimum absolute atomic E-state index is 0.252. The average molecular weight is 785 g/mol. The van der Waals surface area contributed by atoms with Gasteiger partial charge in [0.25, 0.3) is 8.32 Å². The van der Waals surface area contributed by atoms with Gasteiger partial charge in [-0.15, -0.1) is 0 Å². The van der Waals surface area contributed by atoms with E-state index in [0.717, 1.165) is 21.4 Å². The Labute approximate surface area is 332 Å². The predicted molar refractivity (Wildman–Crippen MR) is 223 cm³/mol. The molecule has 1 unspecified atom stereocenters. The smallest absolute Gasteiger partial charge is 0.407 e. The van der Waals surface area contributed by atoms with Gasteiger partial charge in [-0.1, -0.05) is 107 Å². The van der Waals surface area contributed by atoms with Gasteiger partial charge in [0.2, 0.25) is 0 Å². The molecule has 1 saturated heterocycles. The Morgan fingerprint density at radius 2 is 1.39 bits per heavy atom. The molecule has 1 aliphatic rings. The van der Waals surface area contributed by atoms with Gasteiger partial charge in [0.05, 0.1) is 28.7 Å². The first-order valence-electron chi connectivity index (χ1n) is 19.4. The number of halogens is 3. The van der Waals surface area contributed by atoms with Gasteiger partial charge in [-0.05, 0) is 91.1 Å². The van der Waals surface area contributed by atoms with Crippen LogP contribution in [0.3, 0.4) is 0 Å². The number of pyridine rings is 1. The van der Waals surface area contributed by atoms with Crippen molar-refractivity contribution in [3.63, 3.8) is 0 Å². The lowest BCUT2D eigenvalue weighted by Crippen LogP contribution is -2.67. The third-order valence-corrected chi connectivity index (χ3v) is 16.6. The summed E-state index contributed by atoms with van der Waals surface area (Å²) in [6.45, 7) is 20.0. The second-order valence-corrected chi connectivity index (χ2v) is 22.3. The number of ether oxygens (including phenoxy) is 1. The molecule has 1 atom stereocenters. The summed E-state index contributed by atoms with van der Waals surface area (Å²) in [7, 11) is -2.04. The van der Waals surface area contributed by atoms with E-state index in [4.69, 9.17) is 18.5 Å². The molecule has 0 radical (unpaired) electrons. The van der Waals surface area contributed by atoms with Crippen molar-refractivity contribution in [1.82, 2.24) is 9.55 Å². The minimum Gasteiger partial charge on any atom is -0.407 e. The highest BCUT2D eigenvalue weighted by Gasteiger charge is 2.53. The van der Waals surface area contributed by atoms with E-state index in [2.05, 4.69) is 88.1 Å². The Bertz CT molecular complexity index is 2090. The summed E-state index contributed by atoms with van der Waals surface area (Å²) in [6, 6.07) is 30.1. The molecule has 1 aliphatic heterocycles. The average Bonchev–Trinajstić information content (AvgIpc) is 3.53. The fourth-order valence-electron chi connectivity index (χ4n) is 8.05. The summed E-state index contributed by atoms with van der Waals surface area (Å²) in [6.07, 6.45) is -2.91. The number of fused-ring (bicyclic) bond motifs is 1. The topological polar surface area (TPSA) is 54.7 Å². The number of rotatable bonds is 12. The molecule has 0 bridgehead atoms. The summed E-state index contributed by atoms with van der Waals surface area (Å²) >= 11 is 0. The summed E-state index contributed by atoms with van der Waals surface area (Å²) in [5.41, 5.74) is 1.88. The van der Waals surface area contributed by atoms with Crippen LogP contribution in [-0.4, -0.2) is 56.1 Å². The van der Waals surface area contributed by atoms with E-state index < -0.39 is 50.9 Å². The summed E-state index contributed by atoms with van der Waals surface area (Å²) < 4.78 is 71.6. The van der Waals surface area contributed by atoms with Gasteiger partial charge in [0, 0.05) is 36.4 Å². The van der Waals surface area contributed by atoms with Gasteiger partial charge < -0.3 is 23.0 Å². The molecule has 0 saturated carbocycles. The molecule has 0 N–H and O–H groups in total. The van der Waals surface area contributed by atoms with E-state index in [1.165, 1.54) is 4.57 Å². The monoisotopic (exact) mass is 784 g/mol. The molecule has 2 aromatic heterocycles. The van der Waals surface area contributed by atoms with Crippen molar-refractivity contribution in [3.8, 4) is 11.3 Å². The predicted octanol–water partition coefficient (Wildman–Crippen LogP) is 9.42. The number of nitrogens with zero attached hydrogens (tertiary/aromatic N) is 2. The molecule has 6 rings (SSSR count). The molecule has 0 aliphatic carbocycles. The molecule has 0 amide bonds. The number of methoxy groups -OCH3 is 1. The van der Waals surface area contributed by atoms with E-state index >= 15 is 0 Å². The Morgan fingerprint density at radius 1 is 0.821 bits per heavy atom. The van der Waals surface area contributed by atoms with Gasteiger partial charge in [-0.25, -0.2) is 0 Å². The third-order valence-electron chi connectivity index (χ3n) is 11.6. The first kappa shape index (κ1) is 41.9. The van der Waals surface area contributed by atoms with Gasteiger partial charge in [0.1, 0.15) is 6.54 Å². The van der Waals surface area contributed by atoms with E-state index in [0.29, 0.717) is 40.9 Å². The standard InChI is InChI=1S/C45H56BF3N2O4Si/c1-31(52-11)39-35(23-18-26-50-39)40-37(36-27-32(46-54-43(7,8)44(9,10)55-46)24-25-38(36)51(40)29-45(47,48)49)28-42(5,6)30-53-56(41(2,3)4,33-19-14-12-15-20-33)34-21-16-13-17-22-34/h12-27,31H,28-30H2,1-11H3. The normalized spacial score (nSPS) is 16.8. The van der Waals surface area contributed by atoms with Crippen LogP contribution >= 0.6 is 0 Å². The first-order valence-corrected chi connectivity index (χ1v) is 21.3. The highest BCUT2D eigenvalue weighted by molar-refractivity contribution is 6.99. The van der Waals surface area contributed by atoms with Crippen LogP contribution in [0.15, 0.2) is 97.2 Å². The van der Waals surface area contributed by atoms with Crippen LogP contribution in [0.25, 0.3) is 22.2 Å². The van der Waals surface area contributed by atoms with Crippen LogP contribution in [0.5, 0.6) is 0 Å². The number of alkyl halides is 3. The summed E-state index contributed by atoms with van der Waals surface area (Å²) in [5, 5.41) is 2.78. The number of benzene rings is 3. The first-order chi connectivity index (χ1) is 26.1. The van der Waals surface area contributed by atoms with Crippen molar-refractivity contribution in [1.29, 1.82) is 0 Å². The van der Waals surface area contributed by atoms with E-state index in [9.17, 15) is 13.2 Å². The van der Waals surface area contributed by atoms with Crippen LogP contribution in [-0.2, 0) is 31.4 Å². The zero-order valence-corrected chi connectivity index (χ0v) is 35.7. The molecule has 6 nitrogen and oxygen atoms in total. The second kappa shape index (κ2) is 15.2. The minimum atomic E-state index is -4.50. The summed E-state index contributed by atoms with van der Waals surface area (Å²) in [4.78, 5) is 4.67. The molecule has 3 aromatic carbocycles. The lowest BCUT2D eigenvalue weighted by Gasteiger charge is -2.44. The fourth-order valence-corrected chi connectivity index (χ4v) is 12.8. The van der Waals surface area contributed by atoms with Crippen LogP contribution in [0.1, 0.15) is 86.6 Å². The third kappa shape index (κ3) is 8.03. The summed E-state index contributed by atoms with van der Waals surface area (Å²) in [5.74, 6) is 0. The molecular formula is C45H56BF3N2O4Si. The zero-order chi connectivity index (χ0) is 40.9. The zero-order valence-electron chi connectivity index (χ0n) is 34.7. The Kier molecular flexibility index (Phi) is 11.4. The second-order valence-electron chi connectivity index (χ2n) is 18.0. The van der Waals surface area contributed by atoms with Gasteiger partial charge in [-0.2, -0.15) is 13.2 Å². The Balaban J connectivity index is 1.55. The van der Waals surface area contributed by atoms with Crippen LogP contribution in [0.4, 0.5) is 13.2 Å². The molecule has 56 heavy (non-hydrogen) atoms. The van der Waals surface area contributed by atoms with Crippen molar-refractivity contribution < 1.29 is 31.6 Å². The molecule has 298 valence electrons. The molecule has 1 fully saturated rings. The molecular weight excluding hydrogens is 728 g/mol. The highest BCUT2D eigenvalue weighted by Crippen LogP contribution is 2.44. The lowest BCUT2D eigenvalue weighted by atomic mass is 9.77.